The number of rotatable bonds is 31. The first-order valence-electron chi connectivity index (χ1n) is 13.5. The summed E-state index contributed by atoms with van der Waals surface area (Å²) < 4.78 is 0. The predicted molar refractivity (Wildman–Crippen MR) is 133 cm³/mol. The maximum absolute atomic E-state index is 10.4. The summed E-state index contributed by atoms with van der Waals surface area (Å²) in [6.45, 7) is 2.40. The van der Waals surface area contributed by atoms with E-state index in [1.54, 1.807) is 11.7 Å². The predicted octanol–water partition coefficient (Wildman–Crippen LogP) is 5.77. The minimum atomic E-state index is -0.697. The maximum atomic E-state index is 10.4. The van der Waals surface area contributed by atoms with E-state index in [4.69, 9.17) is 16.4 Å². The molecule has 0 saturated carbocycles. The monoisotopic (exact) mass is 520 g/mol. The lowest BCUT2D eigenvalue weighted by molar-refractivity contribution is -0.678. The molecule has 0 bridgehead atoms. The Hall–Kier alpha value is -1.49. The fourth-order valence-electron chi connectivity index (χ4n) is 3.68. The van der Waals surface area contributed by atoms with E-state index >= 15 is 0 Å². The highest BCUT2D eigenvalue weighted by Crippen LogP contribution is 2.13. The van der Waals surface area contributed by atoms with Gasteiger partial charge in [-0.3, -0.25) is 9.68 Å². The Morgan fingerprint density at radius 2 is 1.11 bits per heavy atom. The number of nitrogens with one attached hydrogen (secondary N) is 2. The Labute approximate surface area is 216 Å². The highest BCUT2D eigenvalue weighted by molar-refractivity contribution is 5.66. The topological polar surface area (TPSA) is 126 Å². The number of unbranched alkanes of at least 4 members (excludes halogenated alkanes) is 16. The van der Waals surface area contributed by atoms with Gasteiger partial charge in [-0.2, -0.15) is 0 Å². The highest BCUT2D eigenvalue weighted by atomic mass is 17.7. The van der Waals surface area contributed by atoms with Crippen LogP contribution < -0.4 is 11.0 Å². The minimum Gasteiger partial charge on any atom is -0.481 e. The Bertz CT molecular complexity index is 493. The van der Waals surface area contributed by atoms with Crippen molar-refractivity contribution in [2.45, 2.75) is 122 Å². The Morgan fingerprint density at radius 3 is 1.64 bits per heavy atom. The van der Waals surface area contributed by atoms with Crippen LogP contribution >= 0.6 is 0 Å². The number of terminal acetylenes is 1. The molecule has 0 aromatic heterocycles. The molecule has 212 valence electrons. The van der Waals surface area contributed by atoms with E-state index in [0.29, 0.717) is 6.61 Å². The summed E-state index contributed by atoms with van der Waals surface area (Å²) in [4.78, 5) is 27.4. The molecule has 0 aliphatic heterocycles. The van der Waals surface area contributed by atoms with E-state index in [1.807, 2.05) is 0 Å². The lowest BCUT2D eigenvalue weighted by atomic mass is 10.0. The molecule has 0 amide bonds. The van der Waals surface area contributed by atoms with Gasteiger partial charge in [0.15, 0.2) is 6.11 Å². The van der Waals surface area contributed by atoms with Crippen molar-refractivity contribution >= 4 is 5.97 Å². The second-order valence-corrected chi connectivity index (χ2v) is 8.73. The van der Waals surface area contributed by atoms with Crippen molar-refractivity contribution < 1.29 is 44.8 Å². The summed E-state index contributed by atoms with van der Waals surface area (Å²) in [5.74, 6) is -0.697. The van der Waals surface area contributed by atoms with Crippen LogP contribution in [0, 0.1) is 12.5 Å². The number of hydrogen-bond acceptors (Lipinski definition) is 10. The lowest BCUT2D eigenvalue weighted by Crippen LogP contribution is -2.16. The molecule has 3 N–H and O–H groups in total. The van der Waals surface area contributed by atoms with Crippen molar-refractivity contribution in [1.29, 1.82) is 0 Å². The number of hydrogen-bond donors (Lipinski definition) is 3. The summed E-state index contributed by atoms with van der Waals surface area (Å²) >= 11 is 0. The normalized spacial score (nSPS) is 11.0. The Balaban J connectivity index is 3.02. The van der Waals surface area contributed by atoms with Gasteiger partial charge >= 0.3 is 5.97 Å². The van der Waals surface area contributed by atoms with Gasteiger partial charge in [0.05, 0.1) is 6.61 Å². The van der Waals surface area contributed by atoms with Gasteiger partial charge in [0.1, 0.15) is 0 Å². The molecule has 0 aromatic carbocycles. The third kappa shape index (κ3) is 32.5. The molecule has 0 saturated heterocycles. The third-order valence-corrected chi connectivity index (χ3v) is 5.62. The molecule has 0 unspecified atom stereocenters. The molecule has 0 aliphatic rings. The SMILES string of the molecule is C#COOOONOOOCCCCCCCCCCCCCCCCCCNCCCCC(=O)O. The molecule has 0 fully saturated rings. The smallest absolute Gasteiger partial charge is 0.303 e. The van der Waals surface area contributed by atoms with Gasteiger partial charge in [-0.25, -0.2) is 4.89 Å². The van der Waals surface area contributed by atoms with E-state index in [2.05, 4.69) is 35.3 Å². The van der Waals surface area contributed by atoms with Crippen molar-refractivity contribution in [3.05, 3.63) is 0 Å². The fraction of sp³-hybridized carbons (Fsp3) is 0.880. The zero-order chi connectivity index (χ0) is 26.2. The van der Waals surface area contributed by atoms with Crippen LogP contribution in [-0.2, 0) is 39.7 Å². The number of carbonyl (C=O) groups is 1. The van der Waals surface area contributed by atoms with Crippen molar-refractivity contribution in [2.24, 2.45) is 0 Å². The zero-order valence-electron chi connectivity index (χ0n) is 21.8. The van der Waals surface area contributed by atoms with Gasteiger partial charge in [-0.05, 0) is 54.5 Å². The number of carboxylic acid groups (broad SMARTS) is 1. The molecule has 0 atom stereocenters. The first kappa shape index (κ1) is 34.5. The molecule has 0 heterocycles. The van der Waals surface area contributed by atoms with Crippen LogP contribution in [0.1, 0.15) is 122 Å². The van der Waals surface area contributed by atoms with Crippen LogP contribution in [-0.4, -0.2) is 30.8 Å². The summed E-state index contributed by atoms with van der Waals surface area (Å²) in [6, 6.07) is 0. The van der Waals surface area contributed by atoms with Crippen molar-refractivity contribution in [3.8, 4) is 12.5 Å². The van der Waals surface area contributed by atoms with E-state index in [1.165, 1.54) is 89.9 Å². The van der Waals surface area contributed by atoms with Gasteiger partial charge in [-0.1, -0.05) is 106 Å². The van der Waals surface area contributed by atoms with E-state index in [0.717, 1.165) is 38.8 Å². The van der Waals surface area contributed by atoms with E-state index in [9.17, 15) is 4.79 Å². The second kappa shape index (κ2) is 31.5. The standard InChI is InChI=1S/C25H48N2O9/c1-2-30-35-36-33-27-32-34-31-24-20-16-14-12-10-8-6-4-3-5-7-9-11-13-15-18-22-26-23-19-17-21-25(28)29/h1,26-27H,3-24H2,(H,28,29). The van der Waals surface area contributed by atoms with Crippen molar-refractivity contribution in [1.82, 2.24) is 11.0 Å². The summed E-state index contributed by atoms with van der Waals surface area (Å²) in [5.41, 5.74) is 1.76. The number of aliphatic carboxylic acids is 1. The van der Waals surface area contributed by atoms with Crippen LogP contribution in [0.15, 0.2) is 0 Å². The molecule has 11 nitrogen and oxygen atoms in total. The lowest BCUT2D eigenvalue weighted by Gasteiger charge is -2.05. The van der Waals surface area contributed by atoms with Gasteiger partial charge in [0, 0.05) is 11.5 Å². The van der Waals surface area contributed by atoms with Gasteiger partial charge in [0.25, 0.3) is 0 Å². The molecular formula is C25H48N2O9. The molecule has 0 spiro atoms. The average molecular weight is 521 g/mol. The zero-order valence-corrected chi connectivity index (χ0v) is 21.8. The van der Waals surface area contributed by atoms with Crippen LogP contribution in [0.2, 0.25) is 0 Å². The van der Waals surface area contributed by atoms with Crippen molar-refractivity contribution in [3.63, 3.8) is 0 Å². The third-order valence-electron chi connectivity index (χ3n) is 5.62. The molecule has 0 rings (SSSR count). The van der Waals surface area contributed by atoms with Crippen LogP contribution in [0.3, 0.4) is 0 Å². The van der Waals surface area contributed by atoms with E-state index in [-0.39, 0.29) is 6.42 Å². The molecule has 11 heteroatoms. The quantitative estimate of drug-likeness (QED) is 0.0446. The van der Waals surface area contributed by atoms with Crippen LogP contribution in [0.4, 0.5) is 0 Å². The minimum absolute atomic E-state index is 0.284. The maximum Gasteiger partial charge on any atom is 0.303 e. The van der Waals surface area contributed by atoms with Gasteiger partial charge in [0.2, 0.25) is 0 Å². The molecule has 0 aromatic rings. The fourth-order valence-corrected chi connectivity index (χ4v) is 3.68. The van der Waals surface area contributed by atoms with E-state index < -0.39 is 5.97 Å². The van der Waals surface area contributed by atoms with Gasteiger partial charge < -0.3 is 10.4 Å². The Morgan fingerprint density at radius 1 is 0.639 bits per heavy atom. The van der Waals surface area contributed by atoms with Gasteiger partial charge in [-0.15, -0.1) is 0 Å². The molecular weight excluding hydrogens is 472 g/mol. The first-order chi connectivity index (χ1) is 17.8. The second-order valence-electron chi connectivity index (χ2n) is 8.73. The summed E-state index contributed by atoms with van der Waals surface area (Å²) in [7, 11) is 0. The Kier molecular flexibility index (Phi) is 30.2. The molecule has 0 radical (unpaired) electrons. The molecule has 36 heavy (non-hydrogen) atoms. The largest absolute Gasteiger partial charge is 0.481 e. The van der Waals surface area contributed by atoms with Crippen LogP contribution in [0.5, 0.6) is 0 Å². The molecule has 0 aliphatic carbocycles. The van der Waals surface area contributed by atoms with Crippen LogP contribution in [0.25, 0.3) is 0 Å². The number of carboxylic acids is 1. The highest BCUT2D eigenvalue weighted by Gasteiger charge is 1.98. The average Bonchev–Trinajstić information content (AvgIpc) is 2.87. The van der Waals surface area contributed by atoms with Crippen molar-refractivity contribution in [2.75, 3.05) is 19.7 Å². The first-order valence-corrected chi connectivity index (χ1v) is 13.5. The summed E-state index contributed by atoms with van der Waals surface area (Å²) in [6.07, 6.45) is 28.8. The summed E-state index contributed by atoms with van der Waals surface area (Å²) in [5, 5.41) is 24.0.